The number of carbonyl (C=O) groups is 1. The van der Waals surface area contributed by atoms with E-state index in [1.807, 2.05) is 6.08 Å². The fraction of sp³-hybridized carbons (Fsp3) is 0.706. The molecule has 6 heteroatoms. The third kappa shape index (κ3) is 4.44. The molecule has 0 bridgehead atoms. The molecule has 0 N–H and O–H groups in total. The Hall–Kier alpha value is -1.14. The number of hydrogen-bond donors (Lipinski definition) is 0. The Morgan fingerprint density at radius 1 is 1.17 bits per heavy atom. The topological polar surface area (TPSA) is 57.7 Å². The SMILES string of the molecule is CC1=C(C=CC(=O)N2CCN(S(C)(=O)=O)CC2)C(C)(C)CCC1. The van der Waals surface area contributed by atoms with E-state index >= 15 is 0 Å². The molecule has 0 saturated carbocycles. The average Bonchev–Trinajstić information content (AvgIpc) is 2.45. The molecule has 1 aliphatic heterocycles. The zero-order valence-corrected chi connectivity index (χ0v) is 15.4. The highest BCUT2D eigenvalue weighted by Gasteiger charge is 2.28. The van der Waals surface area contributed by atoms with Crippen molar-refractivity contribution < 1.29 is 13.2 Å². The smallest absolute Gasteiger partial charge is 0.246 e. The van der Waals surface area contributed by atoms with E-state index in [9.17, 15) is 13.2 Å². The molecule has 23 heavy (non-hydrogen) atoms. The van der Waals surface area contributed by atoms with Crippen molar-refractivity contribution in [1.82, 2.24) is 9.21 Å². The zero-order chi connectivity index (χ0) is 17.3. The second-order valence-electron chi connectivity index (χ2n) is 7.25. The van der Waals surface area contributed by atoms with Crippen LogP contribution in [0.1, 0.15) is 40.0 Å². The second-order valence-corrected chi connectivity index (χ2v) is 9.23. The van der Waals surface area contributed by atoms with Gasteiger partial charge in [-0.1, -0.05) is 25.5 Å². The van der Waals surface area contributed by atoms with Crippen LogP contribution in [0.4, 0.5) is 0 Å². The Balaban J connectivity index is 2.00. The van der Waals surface area contributed by atoms with Gasteiger partial charge in [0.15, 0.2) is 0 Å². The van der Waals surface area contributed by atoms with Crippen molar-refractivity contribution in [2.45, 2.75) is 40.0 Å². The Bertz CT molecular complexity index is 624. The molecular weight excluding hydrogens is 312 g/mol. The summed E-state index contributed by atoms with van der Waals surface area (Å²) in [5, 5.41) is 0. The minimum Gasteiger partial charge on any atom is -0.337 e. The highest BCUT2D eigenvalue weighted by molar-refractivity contribution is 7.88. The van der Waals surface area contributed by atoms with Crippen LogP contribution in [0, 0.1) is 5.41 Å². The van der Waals surface area contributed by atoms with E-state index in [1.165, 1.54) is 28.1 Å². The lowest BCUT2D eigenvalue weighted by Crippen LogP contribution is -2.49. The first-order valence-corrected chi connectivity index (χ1v) is 10.1. The number of amides is 1. The fourth-order valence-electron chi connectivity index (χ4n) is 3.51. The van der Waals surface area contributed by atoms with Crippen LogP contribution in [-0.4, -0.2) is 56.0 Å². The molecule has 0 aromatic carbocycles. The van der Waals surface area contributed by atoms with Gasteiger partial charge in [-0.15, -0.1) is 0 Å². The Morgan fingerprint density at radius 3 is 2.30 bits per heavy atom. The van der Waals surface area contributed by atoms with E-state index in [2.05, 4.69) is 20.8 Å². The number of piperazine rings is 1. The summed E-state index contributed by atoms with van der Waals surface area (Å²) in [5.74, 6) is -0.0279. The van der Waals surface area contributed by atoms with Crippen molar-refractivity contribution in [3.63, 3.8) is 0 Å². The number of allylic oxidation sites excluding steroid dienone is 3. The summed E-state index contributed by atoms with van der Waals surface area (Å²) in [6.07, 6.45) is 8.29. The number of carbonyl (C=O) groups excluding carboxylic acids is 1. The zero-order valence-electron chi connectivity index (χ0n) is 14.6. The lowest BCUT2D eigenvalue weighted by molar-refractivity contribution is -0.127. The van der Waals surface area contributed by atoms with Crippen LogP contribution < -0.4 is 0 Å². The van der Waals surface area contributed by atoms with Crippen molar-refractivity contribution in [3.8, 4) is 0 Å². The monoisotopic (exact) mass is 340 g/mol. The van der Waals surface area contributed by atoms with Gasteiger partial charge in [0.05, 0.1) is 6.26 Å². The van der Waals surface area contributed by atoms with Gasteiger partial charge in [-0.2, -0.15) is 4.31 Å². The van der Waals surface area contributed by atoms with Gasteiger partial charge in [0.1, 0.15) is 0 Å². The molecule has 1 amide bonds. The highest BCUT2D eigenvalue weighted by Crippen LogP contribution is 2.40. The summed E-state index contributed by atoms with van der Waals surface area (Å²) in [6.45, 7) is 8.28. The van der Waals surface area contributed by atoms with Crippen LogP contribution in [0.2, 0.25) is 0 Å². The van der Waals surface area contributed by atoms with Crippen molar-refractivity contribution >= 4 is 15.9 Å². The van der Waals surface area contributed by atoms with Gasteiger partial charge in [0, 0.05) is 32.3 Å². The molecule has 2 rings (SSSR count). The molecule has 0 atom stereocenters. The van der Waals surface area contributed by atoms with E-state index in [0.29, 0.717) is 26.2 Å². The molecule has 0 unspecified atom stereocenters. The molecule has 1 heterocycles. The number of rotatable bonds is 3. The van der Waals surface area contributed by atoms with Crippen LogP contribution in [0.5, 0.6) is 0 Å². The summed E-state index contributed by atoms with van der Waals surface area (Å²) in [5.41, 5.74) is 2.76. The van der Waals surface area contributed by atoms with Crippen molar-refractivity contribution in [2.75, 3.05) is 32.4 Å². The van der Waals surface area contributed by atoms with Crippen molar-refractivity contribution in [1.29, 1.82) is 0 Å². The van der Waals surface area contributed by atoms with Crippen molar-refractivity contribution in [2.24, 2.45) is 5.41 Å². The molecule has 1 aliphatic carbocycles. The molecular formula is C17H28N2O3S. The van der Waals surface area contributed by atoms with E-state index in [4.69, 9.17) is 0 Å². The third-order valence-electron chi connectivity index (χ3n) is 4.95. The van der Waals surface area contributed by atoms with Crippen molar-refractivity contribution in [3.05, 3.63) is 23.3 Å². The first-order valence-electron chi connectivity index (χ1n) is 8.23. The maximum Gasteiger partial charge on any atom is 0.246 e. The standard InChI is InChI=1S/C17H28N2O3S/c1-14-6-5-9-17(2,3)15(14)7-8-16(20)18-10-12-19(13-11-18)23(4,21)22/h7-8H,5-6,9-13H2,1-4H3. The summed E-state index contributed by atoms with van der Waals surface area (Å²) in [4.78, 5) is 14.1. The highest BCUT2D eigenvalue weighted by atomic mass is 32.2. The van der Waals surface area contributed by atoms with E-state index in [0.717, 1.165) is 12.8 Å². The van der Waals surface area contributed by atoms with Gasteiger partial charge in [-0.25, -0.2) is 8.42 Å². The quantitative estimate of drug-likeness (QED) is 0.740. The molecule has 5 nitrogen and oxygen atoms in total. The van der Waals surface area contributed by atoms with Crippen LogP contribution in [0.3, 0.4) is 0 Å². The summed E-state index contributed by atoms with van der Waals surface area (Å²) < 4.78 is 24.4. The third-order valence-corrected chi connectivity index (χ3v) is 6.26. The minimum atomic E-state index is -3.16. The van der Waals surface area contributed by atoms with Gasteiger partial charge in [-0.05, 0) is 37.2 Å². The fourth-order valence-corrected chi connectivity index (χ4v) is 4.34. The molecule has 130 valence electrons. The summed E-state index contributed by atoms with van der Waals surface area (Å²) in [6, 6.07) is 0. The molecule has 1 fully saturated rings. The molecule has 2 aliphatic rings. The minimum absolute atomic E-state index is 0.0279. The normalized spacial score (nSPS) is 23.6. The molecule has 0 spiro atoms. The van der Waals surface area contributed by atoms with E-state index < -0.39 is 10.0 Å². The molecule has 0 aromatic heterocycles. The van der Waals surface area contributed by atoms with Gasteiger partial charge in [-0.3, -0.25) is 4.79 Å². The number of sulfonamides is 1. The Labute approximate surface area is 140 Å². The molecule has 1 saturated heterocycles. The Morgan fingerprint density at radius 2 is 1.78 bits per heavy atom. The largest absolute Gasteiger partial charge is 0.337 e. The van der Waals surface area contributed by atoms with E-state index in [-0.39, 0.29) is 11.3 Å². The van der Waals surface area contributed by atoms with Crippen LogP contribution in [0.15, 0.2) is 23.3 Å². The van der Waals surface area contributed by atoms with Crippen LogP contribution in [0.25, 0.3) is 0 Å². The summed E-state index contributed by atoms with van der Waals surface area (Å²) >= 11 is 0. The van der Waals surface area contributed by atoms with E-state index in [1.54, 1.807) is 11.0 Å². The Kier molecular flexibility index (Phi) is 5.36. The summed E-state index contributed by atoms with van der Waals surface area (Å²) in [7, 11) is -3.16. The van der Waals surface area contributed by atoms with Crippen LogP contribution >= 0.6 is 0 Å². The predicted octanol–water partition coefficient (Wildman–Crippen LogP) is 2.17. The first kappa shape index (κ1) is 18.2. The predicted molar refractivity (Wildman–Crippen MR) is 92.5 cm³/mol. The number of hydrogen-bond acceptors (Lipinski definition) is 3. The molecule has 0 aromatic rings. The van der Waals surface area contributed by atoms with Gasteiger partial charge in [0.25, 0.3) is 0 Å². The maximum atomic E-state index is 12.4. The first-order chi connectivity index (χ1) is 10.6. The van der Waals surface area contributed by atoms with Gasteiger partial charge < -0.3 is 4.90 Å². The average molecular weight is 340 g/mol. The maximum absolute atomic E-state index is 12.4. The molecule has 0 radical (unpaired) electrons. The number of nitrogens with zero attached hydrogens (tertiary/aromatic N) is 2. The van der Waals surface area contributed by atoms with Gasteiger partial charge in [0.2, 0.25) is 15.9 Å². The van der Waals surface area contributed by atoms with Gasteiger partial charge >= 0.3 is 0 Å². The van der Waals surface area contributed by atoms with Crippen LogP contribution in [-0.2, 0) is 14.8 Å². The lowest BCUT2D eigenvalue weighted by Gasteiger charge is -2.34. The lowest BCUT2D eigenvalue weighted by atomic mass is 9.72. The second kappa shape index (κ2) is 6.77.